The zero-order valence-electron chi connectivity index (χ0n) is 12.2. The number of hydrogen-bond acceptors (Lipinski definition) is 3. The Morgan fingerprint density at radius 2 is 1.95 bits per heavy atom. The van der Waals surface area contributed by atoms with Gasteiger partial charge in [-0.1, -0.05) is 19.1 Å². The van der Waals surface area contributed by atoms with Crippen molar-refractivity contribution in [1.82, 2.24) is 9.78 Å². The summed E-state index contributed by atoms with van der Waals surface area (Å²) < 4.78 is 6.90. The maximum Gasteiger partial charge on any atom is 0.143 e. The molecule has 0 amide bonds. The van der Waals surface area contributed by atoms with Crippen LogP contribution in [-0.4, -0.2) is 22.7 Å². The number of methoxy groups -OCH3 is 1. The minimum absolute atomic E-state index is 0.195. The molecule has 0 saturated carbocycles. The number of aromatic nitrogens is 2. The molecule has 4 heteroatoms. The maximum absolute atomic E-state index is 12.1. The number of rotatable bonds is 6. The molecule has 0 atom stereocenters. The lowest BCUT2D eigenvalue weighted by Crippen LogP contribution is -2.10. The summed E-state index contributed by atoms with van der Waals surface area (Å²) in [5, 5.41) is 4.36. The number of ketones is 1. The first-order valence-electron chi connectivity index (χ1n) is 6.78. The van der Waals surface area contributed by atoms with E-state index in [1.165, 1.54) is 0 Å². The molecule has 2 aromatic rings. The molecule has 106 valence electrons. The Morgan fingerprint density at radius 1 is 1.25 bits per heavy atom. The van der Waals surface area contributed by atoms with Crippen molar-refractivity contribution < 1.29 is 9.53 Å². The van der Waals surface area contributed by atoms with Crippen LogP contribution in [0.5, 0.6) is 5.75 Å². The van der Waals surface area contributed by atoms with E-state index < -0.39 is 0 Å². The van der Waals surface area contributed by atoms with Crippen LogP contribution < -0.4 is 4.74 Å². The fourth-order valence-electron chi connectivity index (χ4n) is 2.15. The summed E-state index contributed by atoms with van der Waals surface area (Å²) in [6.45, 7) is 2.06. The van der Waals surface area contributed by atoms with Crippen molar-refractivity contribution in [2.75, 3.05) is 7.11 Å². The van der Waals surface area contributed by atoms with E-state index in [0.717, 1.165) is 29.1 Å². The maximum atomic E-state index is 12.1. The molecule has 0 N–H and O–H groups in total. The smallest absolute Gasteiger partial charge is 0.143 e. The lowest BCUT2D eigenvalue weighted by molar-refractivity contribution is -0.117. The number of Topliss-reactive ketones (excluding diaryl/α,β-unsaturated/α-hetero) is 1. The Morgan fingerprint density at radius 3 is 2.50 bits per heavy atom. The van der Waals surface area contributed by atoms with Crippen LogP contribution in [0.1, 0.15) is 23.9 Å². The Hall–Kier alpha value is -2.10. The molecule has 1 heterocycles. The van der Waals surface area contributed by atoms with E-state index in [1.54, 1.807) is 11.8 Å². The van der Waals surface area contributed by atoms with Gasteiger partial charge < -0.3 is 4.74 Å². The van der Waals surface area contributed by atoms with E-state index in [1.807, 2.05) is 37.4 Å². The van der Waals surface area contributed by atoms with Gasteiger partial charge in [-0.3, -0.25) is 9.48 Å². The van der Waals surface area contributed by atoms with E-state index >= 15 is 0 Å². The summed E-state index contributed by atoms with van der Waals surface area (Å²) in [4.78, 5) is 12.1. The van der Waals surface area contributed by atoms with Crippen molar-refractivity contribution in [3.8, 4) is 5.75 Å². The third-order valence-electron chi connectivity index (χ3n) is 3.33. The highest BCUT2D eigenvalue weighted by Crippen LogP contribution is 2.13. The van der Waals surface area contributed by atoms with Gasteiger partial charge in [0.1, 0.15) is 11.5 Å². The summed E-state index contributed by atoms with van der Waals surface area (Å²) in [5.74, 6) is 1.00. The number of carbonyl (C=O) groups is 1. The SMILES string of the molecule is CCc1cc(CC(=O)Cc2ccc(OC)cc2)n(C)n1. The number of ether oxygens (including phenoxy) is 1. The van der Waals surface area contributed by atoms with E-state index in [2.05, 4.69) is 12.0 Å². The normalized spacial score (nSPS) is 10.6. The lowest BCUT2D eigenvalue weighted by atomic mass is 10.1. The zero-order valence-corrected chi connectivity index (χ0v) is 12.2. The molecule has 0 saturated heterocycles. The molecule has 0 radical (unpaired) electrons. The van der Waals surface area contributed by atoms with E-state index in [9.17, 15) is 4.79 Å². The molecule has 0 unspecified atom stereocenters. The third kappa shape index (κ3) is 3.47. The molecule has 20 heavy (non-hydrogen) atoms. The molecule has 0 fully saturated rings. The average molecular weight is 272 g/mol. The molecule has 0 aliphatic carbocycles. The van der Waals surface area contributed by atoms with Crippen LogP contribution in [0, 0.1) is 0 Å². The summed E-state index contributed by atoms with van der Waals surface area (Å²) in [6, 6.07) is 9.62. The van der Waals surface area contributed by atoms with Crippen LogP contribution in [0.3, 0.4) is 0 Å². The second-order valence-corrected chi connectivity index (χ2v) is 4.84. The Kier molecular flexibility index (Phi) is 4.56. The van der Waals surface area contributed by atoms with E-state index in [-0.39, 0.29) is 5.78 Å². The first-order chi connectivity index (χ1) is 9.62. The topological polar surface area (TPSA) is 44.1 Å². The average Bonchev–Trinajstić information content (AvgIpc) is 2.80. The van der Waals surface area contributed by atoms with Gasteiger partial charge in [-0.2, -0.15) is 5.10 Å². The number of carbonyl (C=O) groups excluding carboxylic acids is 1. The predicted octanol–water partition coefficient (Wildman–Crippen LogP) is 2.35. The number of benzene rings is 1. The quantitative estimate of drug-likeness (QED) is 0.810. The van der Waals surface area contributed by atoms with Crippen molar-refractivity contribution in [1.29, 1.82) is 0 Å². The largest absolute Gasteiger partial charge is 0.497 e. The Labute approximate surface area is 119 Å². The van der Waals surface area contributed by atoms with Gasteiger partial charge in [0, 0.05) is 25.6 Å². The fraction of sp³-hybridized carbons (Fsp3) is 0.375. The number of aryl methyl sites for hydroxylation is 2. The monoisotopic (exact) mass is 272 g/mol. The predicted molar refractivity (Wildman–Crippen MR) is 78.0 cm³/mol. The summed E-state index contributed by atoms with van der Waals surface area (Å²) in [5.41, 5.74) is 3.01. The second kappa shape index (κ2) is 6.37. The van der Waals surface area contributed by atoms with Gasteiger partial charge in [0.2, 0.25) is 0 Å². The van der Waals surface area contributed by atoms with Crippen LogP contribution in [-0.2, 0) is 31.1 Å². The second-order valence-electron chi connectivity index (χ2n) is 4.84. The molecule has 1 aromatic heterocycles. The molecule has 1 aromatic carbocycles. The van der Waals surface area contributed by atoms with Crippen molar-refractivity contribution >= 4 is 5.78 Å². The third-order valence-corrected chi connectivity index (χ3v) is 3.33. The highest BCUT2D eigenvalue weighted by Gasteiger charge is 2.10. The minimum Gasteiger partial charge on any atom is -0.497 e. The van der Waals surface area contributed by atoms with Gasteiger partial charge in [-0.25, -0.2) is 0 Å². The Balaban J connectivity index is 1.99. The van der Waals surface area contributed by atoms with Crippen molar-refractivity contribution in [2.24, 2.45) is 7.05 Å². The first-order valence-corrected chi connectivity index (χ1v) is 6.78. The summed E-state index contributed by atoms with van der Waals surface area (Å²) in [7, 11) is 3.52. The highest BCUT2D eigenvalue weighted by atomic mass is 16.5. The van der Waals surface area contributed by atoms with Gasteiger partial charge in [0.15, 0.2) is 0 Å². The standard InChI is InChI=1S/C16H20N2O2/c1-4-13-10-14(18(2)17-13)11-15(19)9-12-5-7-16(20-3)8-6-12/h5-8,10H,4,9,11H2,1-3H3. The zero-order chi connectivity index (χ0) is 14.5. The molecule has 0 spiro atoms. The molecular weight excluding hydrogens is 252 g/mol. The molecule has 4 nitrogen and oxygen atoms in total. The lowest BCUT2D eigenvalue weighted by Gasteiger charge is -2.04. The molecule has 2 rings (SSSR count). The molecule has 0 aliphatic rings. The van der Waals surface area contributed by atoms with Crippen molar-refractivity contribution in [2.45, 2.75) is 26.2 Å². The summed E-state index contributed by atoms with van der Waals surface area (Å²) in [6.07, 6.45) is 1.76. The van der Waals surface area contributed by atoms with Gasteiger partial charge in [0.25, 0.3) is 0 Å². The van der Waals surface area contributed by atoms with E-state index in [0.29, 0.717) is 12.8 Å². The highest BCUT2D eigenvalue weighted by molar-refractivity contribution is 5.82. The van der Waals surface area contributed by atoms with Gasteiger partial charge >= 0.3 is 0 Å². The summed E-state index contributed by atoms with van der Waals surface area (Å²) >= 11 is 0. The van der Waals surface area contributed by atoms with Gasteiger partial charge in [0.05, 0.1) is 12.8 Å². The number of nitrogens with zero attached hydrogens (tertiary/aromatic N) is 2. The van der Waals surface area contributed by atoms with Crippen LogP contribution in [0.2, 0.25) is 0 Å². The van der Waals surface area contributed by atoms with Gasteiger partial charge in [-0.05, 0) is 30.2 Å². The van der Waals surface area contributed by atoms with Crippen molar-refractivity contribution in [3.05, 3.63) is 47.3 Å². The van der Waals surface area contributed by atoms with E-state index in [4.69, 9.17) is 4.74 Å². The number of hydrogen-bond donors (Lipinski definition) is 0. The van der Waals surface area contributed by atoms with Crippen molar-refractivity contribution in [3.63, 3.8) is 0 Å². The minimum atomic E-state index is 0.195. The van der Waals surface area contributed by atoms with Crippen LogP contribution in [0.15, 0.2) is 30.3 Å². The fourth-order valence-corrected chi connectivity index (χ4v) is 2.15. The van der Waals surface area contributed by atoms with Gasteiger partial charge in [-0.15, -0.1) is 0 Å². The first kappa shape index (κ1) is 14.3. The molecular formula is C16H20N2O2. The van der Waals surface area contributed by atoms with Crippen LogP contribution in [0.25, 0.3) is 0 Å². The molecule has 0 bridgehead atoms. The van der Waals surface area contributed by atoms with Crippen LogP contribution >= 0.6 is 0 Å². The molecule has 0 aliphatic heterocycles. The Bertz CT molecular complexity index is 585. The van der Waals surface area contributed by atoms with Crippen LogP contribution in [0.4, 0.5) is 0 Å².